The molecule has 0 aliphatic rings. The van der Waals surface area contributed by atoms with Crippen molar-refractivity contribution in [1.29, 1.82) is 0 Å². The summed E-state index contributed by atoms with van der Waals surface area (Å²) in [6.45, 7) is 13.7. The van der Waals surface area contributed by atoms with Gasteiger partial charge in [0.2, 0.25) is 0 Å². The van der Waals surface area contributed by atoms with Crippen LogP contribution < -0.4 is 15.3 Å². The van der Waals surface area contributed by atoms with Crippen LogP contribution in [0.4, 0.5) is 14.4 Å². The quantitative estimate of drug-likeness (QED) is 0.468. The van der Waals surface area contributed by atoms with E-state index in [2.05, 4.69) is 0 Å². The zero-order chi connectivity index (χ0) is 19.7. The van der Waals surface area contributed by atoms with E-state index < -0.39 is 18.3 Å². The molecule has 1 radical (unpaired) electrons. The van der Waals surface area contributed by atoms with Gasteiger partial charge in [0.25, 0.3) is 0 Å². The van der Waals surface area contributed by atoms with Gasteiger partial charge in [0.1, 0.15) is 18.3 Å². The SMILES string of the molecule is CCN(CC)C(=O)[O-].CCN(CC)C(=O)[O-].CCN(CC)C(=O)[O-].[Nd+3]. The van der Waals surface area contributed by atoms with E-state index in [0.29, 0.717) is 39.3 Å². The average Bonchev–Trinajstić information content (AvgIpc) is 2.51. The maximum absolute atomic E-state index is 9.98. The summed E-state index contributed by atoms with van der Waals surface area (Å²) in [6, 6.07) is 0. The molecule has 0 aromatic carbocycles. The van der Waals surface area contributed by atoms with E-state index in [1.807, 2.05) is 0 Å². The Morgan fingerprint density at radius 3 is 0.640 bits per heavy atom. The molecular formula is C15H30N3NdO6. The first-order chi connectivity index (χ1) is 11.2. The van der Waals surface area contributed by atoms with Gasteiger partial charge in [-0.3, -0.25) is 0 Å². The van der Waals surface area contributed by atoms with Gasteiger partial charge in [-0.05, 0) is 41.5 Å². The summed E-state index contributed by atoms with van der Waals surface area (Å²) < 4.78 is 0. The molecule has 0 N–H and O–H groups in total. The maximum atomic E-state index is 9.98. The molecule has 25 heavy (non-hydrogen) atoms. The Morgan fingerprint density at radius 2 is 0.640 bits per heavy atom. The summed E-state index contributed by atoms with van der Waals surface area (Å²) >= 11 is 0. The number of nitrogens with zero attached hydrogens (tertiary/aromatic N) is 3. The van der Waals surface area contributed by atoms with Gasteiger partial charge < -0.3 is 44.4 Å². The fourth-order valence-corrected chi connectivity index (χ4v) is 1.45. The second kappa shape index (κ2) is 21.2. The van der Waals surface area contributed by atoms with E-state index in [9.17, 15) is 29.7 Å². The first-order valence-electron chi connectivity index (χ1n) is 8.04. The number of hydrogen-bond acceptors (Lipinski definition) is 6. The second-order valence-corrected chi connectivity index (χ2v) is 4.31. The van der Waals surface area contributed by atoms with Crippen LogP contribution in [0.1, 0.15) is 41.5 Å². The van der Waals surface area contributed by atoms with Crippen molar-refractivity contribution in [2.75, 3.05) is 39.3 Å². The van der Waals surface area contributed by atoms with Crippen molar-refractivity contribution in [2.45, 2.75) is 41.5 Å². The molecule has 0 spiro atoms. The minimum absolute atomic E-state index is 0. The first-order valence-corrected chi connectivity index (χ1v) is 8.04. The van der Waals surface area contributed by atoms with Crippen LogP contribution in [0.3, 0.4) is 0 Å². The zero-order valence-corrected chi connectivity index (χ0v) is 19.2. The molecule has 0 saturated carbocycles. The third kappa shape index (κ3) is 19.3. The monoisotopic (exact) mass is 490 g/mol. The van der Waals surface area contributed by atoms with Crippen molar-refractivity contribution in [2.24, 2.45) is 0 Å². The van der Waals surface area contributed by atoms with Crippen molar-refractivity contribution in [1.82, 2.24) is 14.7 Å². The fraction of sp³-hybridized carbons (Fsp3) is 0.800. The third-order valence-electron chi connectivity index (χ3n) is 3.06. The minimum atomic E-state index is -1.09. The Morgan fingerprint density at radius 1 is 0.520 bits per heavy atom. The zero-order valence-electron chi connectivity index (χ0n) is 16.0. The third-order valence-corrected chi connectivity index (χ3v) is 3.06. The predicted octanol–water partition coefficient (Wildman–Crippen LogP) is -0.985. The van der Waals surface area contributed by atoms with Crippen LogP contribution in [0.5, 0.6) is 0 Å². The van der Waals surface area contributed by atoms with Crippen molar-refractivity contribution < 1.29 is 70.5 Å². The molecule has 0 aliphatic heterocycles. The summed E-state index contributed by atoms with van der Waals surface area (Å²) in [5.41, 5.74) is 0. The molecule has 0 bridgehead atoms. The van der Waals surface area contributed by atoms with E-state index in [-0.39, 0.29) is 40.8 Å². The van der Waals surface area contributed by atoms with E-state index in [1.165, 1.54) is 14.7 Å². The van der Waals surface area contributed by atoms with Gasteiger partial charge in [-0.15, -0.1) is 0 Å². The van der Waals surface area contributed by atoms with Gasteiger partial charge in [-0.25, -0.2) is 0 Å². The molecule has 0 aromatic rings. The Balaban J connectivity index is -0.000000130. The van der Waals surface area contributed by atoms with Gasteiger partial charge in [-0.1, -0.05) is 0 Å². The number of carbonyl (C=O) groups is 3. The van der Waals surface area contributed by atoms with Crippen molar-refractivity contribution in [3.63, 3.8) is 0 Å². The standard InChI is InChI=1S/3C5H11NO2.Nd/c3*1-3-6(4-2)5(7)8;/h3*3-4H2,1-2H3,(H,7,8);/q;;;+3/p-3. The maximum Gasteiger partial charge on any atom is 3.00 e. The van der Waals surface area contributed by atoms with Crippen LogP contribution >= 0.6 is 0 Å². The molecular weight excluding hydrogens is 462 g/mol. The normalized spacial score (nSPS) is 8.40. The Labute approximate surface area is 183 Å². The molecule has 0 aromatic heterocycles. The fourth-order valence-electron chi connectivity index (χ4n) is 1.45. The smallest absolute Gasteiger partial charge is 0.530 e. The summed E-state index contributed by atoms with van der Waals surface area (Å²) in [7, 11) is 0. The Hall–Kier alpha value is -0.839. The van der Waals surface area contributed by atoms with Crippen LogP contribution in [0.25, 0.3) is 0 Å². The molecule has 9 nitrogen and oxygen atoms in total. The van der Waals surface area contributed by atoms with E-state index in [0.717, 1.165) is 0 Å². The molecule has 3 amide bonds. The molecule has 145 valence electrons. The number of carbonyl (C=O) groups excluding carboxylic acids is 3. The van der Waals surface area contributed by atoms with Crippen LogP contribution in [0.15, 0.2) is 0 Å². The number of hydrogen-bond donors (Lipinski definition) is 0. The molecule has 0 heterocycles. The summed E-state index contributed by atoms with van der Waals surface area (Å²) in [5.74, 6) is 0. The first kappa shape index (κ1) is 31.9. The number of carboxylic acid groups (broad SMARTS) is 3. The van der Waals surface area contributed by atoms with Gasteiger partial charge in [0.15, 0.2) is 0 Å². The predicted molar refractivity (Wildman–Crippen MR) is 85.0 cm³/mol. The molecule has 0 unspecified atom stereocenters. The van der Waals surface area contributed by atoms with Crippen molar-refractivity contribution >= 4 is 18.3 Å². The van der Waals surface area contributed by atoms with Crippen molar-refractivity contribution in [3.05, 3.63) is 0 Å². The second-order valence-electron chi connectivity index (χ2n) is 4.31. The summed E-state index contributed by atoms with van der Waals surface area (Å²) in [4.78, 5) is 33.6. The Kier molecular flexibility index (Phi) is 27.0. The van der Waals surface area contributed by atoms with Gasteiger partial charge in [0, 0.05) is 39.3 Å². The van der Waals surface area contributed by atoms with E-state index in [4.69, 9.17) is 0 Å². The molecule has 0 saturated heterocycles. The van der Waals surface area contributed by atoms with Crippen LogP contribution in [0.2, 0.25) is 0 Å². The topological polar surface area (TPSA) is 130 Å². The van der Waals surface area contributed by atoms with Gasteiger partial charge >= 0.3 is 40.8 Å². The van der Waals surface area contributed by atoms with E-state index >= 15 is 0 Å². The molecule has 0 fully saturated rings. The summed E-state index contributed by atoms with van der Waals surface area (Å²) in [5, 5.41) is 29.9. The summed E-state index contributed by atoms with van der Waals surface area (Å²) in [6.07, 6.45) is -3.26. The van der Waals surface area contributed by atoms with Crippen LogP contribution in [-0.2, 0) is 0 Å². The van der Waals surface area contributed by atoms with Crippen molar-refractivity contribution in [3.8, 4) is 0 Å². The molecule has 0 aliphatic carbocycles. The Bertz CT molecular complexity index is 294. The molecule has 10 heteroatoms. The molecule has 0 rings (SSSR count). The largest absolute Gasteiger partial charge is 3.00 e. The van der Waals surface area contributed by atoms with Crippen LogP contribution in [-0.4, -0.2) is 72.2 Å². The molecule has 0 atom stereocenters. The van der Waals surface area contributed by atoms with Crippen LogP contribution in [0, 0.1) is 40.8 Å². The number of amides is 3. The van der Waals surface area contributed by atoms with Gasteiger partial charge in [-0.2, -0.15) is 0 Å². The minimum Gasteiger partial charge on any atom is -0.530 e. The number of rotatable bonds is 6. The average molecular weight is 493 g/mol. The van der Waals surface area contributed by atoms with Gasteiger partial charge in [0.05, 0.1) is 0 Å². The van der Waals surface area contributed by atoms with E-state index in [1.54, 1.807) is 41.5 Å².